The summed E-state index contributed by atoms with van der Waals surface area (Å²) in [4.78, 5) is 0. The summed E-state index contributed by atoms with van der Waals surface area (Å²) in [5.74, 6) is 0.330. The summed E-state index contributed by atoms with van der Waals surface area (Å²) in [6, 6.07) is 17.4. The molecule has 138 valence electrons. The molecule has 1 aliphatic rings. The van der Waals surface area contributed by atoms with E-state index in [2.05, 4.69) is 95.3 Å². The number of halogens is 2. The summed E-state index contributed by atoms with van der Waals surface area (Å²) in [5.41, 5.74) is 5.15. The summed E-state index contributed by atoms with van der Waals surface area (Å²) in [6.45, 7) is 11.0. The van der Waals surface area contributed by atoms with Gasteiger partial charge in [-0.05, 0) is 16.7 Å². The Labute approximate surface area is 174 Å². The molecule has 0 aliphatic heterocycles. The maximum absolute atomic E-state index is 5.08. The second kappa shape index (κ2) is 9.08. The van der Waals surface area contributed by atoms with Crippen molar-refractivity contribution in [3.05, 3.63) is 82.2 Å². The summed E-state index contributed by atoms with van der Waals surface area (Å²) < 4.78 is 0. The first-order valence-electron chi connectivity index (χ1n) is 8.76. The Morgan fingerprint density at radius 3 is 2.00 bits per heavy atom. The third kappa shape index (κ3) is 5.47. The zero-order valence-electron chi connectivity index (χ0n) is 16.1. The third-order valence-corrected chi connectivity index (χ3v) is 4.37. The molecule has 0 radical (unpaired) electrons. The molecule has 0 heterocycles. The molecule has 2 aromatic carbocycles. The molecule has 0 aromatic heterocycles. The molecule has 3 rings (SSSR count). The van der Waals surface area contributed by atoms with Gasteiger partial charge in [-0.1, -0.05) is 101 Å². The van der Waals surface area contributed by atoms with Crippen molar-refractivity contribution < 1.29 is 17.0 Å². The number of hydrogen-bond donors (Lipinski definition) is 0. The van der Waals surface area contributed by atoms with Gasteiger partial charge in [-0.25, -0.2) is 0 Å². The quantitative estimate of drug-likeness (QED) is 0.451. The minimum absolute atomic E-state index is 0.0555. The van der Waals surface area contributed by atoms with Crippen molar-refractivity contribution in [3.63, 3.8) is 0 Å². The molecule has 0 amide bonds. The maximum atomic E-state index is 5.08. The van der Waals surface area contributed by atoms with Crippen molar-refractivity contribution in [2.45, 2.75) is 51.6 Å². The second-order valence-corrected chi connectivity index (χ2v) is 10.5. The van der Waals surface area contributed by atoms with Gasteiger partial charge in [0, 0.05) is 5.92 Å². The normalized spacial score (nSPS) is 15.9. The zero-order chi connectivity index (χ0) is 19.4. The standard InChI is InChI=1S/C22H26N.2ClH.Ti/c1-21(2,3)23-22(4,5)20-13-9-8-12-19(20)18-15-14-16-10-6-7-11-17(16)18;;;/h6-15,18H,1-5H3;2*1H;/q-1;;;+2/p-2. The molecule has 0 bridgehead atoms. The number of nitrogens with zero attached hydrogens (tertiary/aromatic N) is 1. The first-order valence-corrected chi connectivity index (χ1v) is 13.1. The monoisotopic (exact) mass is 422 g/mol. The van der Waals surface area contributed by atoms with Crippen LogP contribution in [0.4, 0.5) is 0 Å². The molecule has 1 nitrogen and oxygen atoms in total. The number of benzene rings is 2. The Bertz CT molecular complexity index is 763. The minimum atomic E-state index is -0.556. The SMILES string of the molecule is CC(C)(C)[N-]C(C)(C)c1ccccc1C1C=Cc2ccccc21.[Cl][Ti][Cl]. The molecule has 1 aliphatic carbocycles. The van der Waals surface area contributed by atoms with E-state index < -0.39 is 17.0 Å². The van der Waals surface area contributed by atoms with Gasteiger partial charge in [0.15, 0.2) is 0 Å². The van der Waals surface area contributed by atoms with E-state index >= 15 is 0 Å². The number of hydrogen-bond acceptors (Lipinski definition) is 0. The molecule has 4 heteroatoms. The van der Waals surface area contributed by atoms with Gasteiger partial charge in [0.1, 0.15) is 0 Å². The van der Waals surface area contributed by atoms with Crippen LogP contribution in [-0.2, 0) is 22.6 Å². The van der Waals surface area contributed by atoms with Crippen LogP contribution in [0.3, 0.4) is 0 Å². The molecular weight excluding hydrogens is 397 g/mol. The van der Waals surface area contributed by atoms with Crippen LogP contribution in [0.2, 0.25) is 0 Å². The molecule has 26 heavy (non-hydrogen) atoms. The first kappa shape index (κ1) is 21.7. The van der Waals surface area contributed by atoms with Gasteiger partial charge in [0.25, 0.3) is 0 Å². The Hall–Kier alpha value is -0.566. The molecule has 1 atom stereocenters. The molecule has 0 saturated heterocycles. The predicted molar refractivity (Wildman–Crippen MR) is 112 cm³/mol. The molecule has 0 spiro atoms. The van der Waals surface area contributed by atoms with Crippen molar-refractivity contribution in [2.75, 3.05) is 0 Å². The molecule has 2 aromatic rings. The number of rotatable bonds is 3. The summed E-state index contributed by atoms with van der Waals surface area (Å²) in [6.07, 6.45) is 4.56. The summed E-state index contributed by atoms with van der Waals surface area (Å²) in [5, 5.41) is 5.08. The number of fused-ring (bicyclic) bond motifs is 1. The topological polar surface area (TPSA) is 14.1 Å². The van der Waals surface area contributed by atoms with Crippen molar-refractivity contribution in [1.82, 2.24) is 0 Å². The Morgan fingerprint density at radius 2 is 1.38 bits per heavy atom. The average molecular weight is 423 g/mol. The fourth-order valence-corrected chi connectivity index (χ4v) is 3.74. The zero-order valence-corrected chi connectivity index (χ0v) is 19.1. The van der Waals surface area contributed by atoms with Crippen LogP contribution < -0.4 is 0 Å². The van der Waals surface area contributed by atoms with Gasteiger partial charge in [0.05, 0.1) is 0 Å². The molecule has 0 saturated carbocycles. The van der Waals surface area contributed by atoms with E-state index in [-0.39, 0.29) is 11.1 Å². The van der Waals surface area contributed by atoms with Crippen LogP contribution in [0.15, 0.2) is 54.6 Å². The van der Waals surface area contributed by atoms with Crippen LogP contribution in [0.25, 0.3) is 11.4 Å². The molecule has 0 N–H and O–H groups in total. The fraction of sp³-hybridized carbons (Fsp3) is 0.364. The first-order chi connectivity index (χ1) is 12.2. The predicted octanol–water partition coefficient (Wildman–Crippen LogP) is 7.63. The van der Waals surface area contributed by atoms with Gasteiger partial charge in [0.2, 0.25) is 0 Å². The van der Waals surface area contributed by atoms with E-state index in [0.717, 1.165) is 0 Å². The Balaban J connectivity index is 0.000000758. The van der Waals surface area contributed by atoms with Crippen LogP contribution in [0.5, 0.6) is 0 Å². The van der Waals surface area contributed by atoms with Crippen molar-refractivity contribution in [1.29, 1.82) is 0 Å². The number of allylic oxidation sites excluding steroid dienone is 1. The second-order valence-electron chi connectivity index (χ2n) is 7.97. The summed E-state index contributed by atoms with van der Waals surface area (Å²) >= 11 is -0.556. The van der Waals surface area contributed by atoms with Gasteiger partial charge in [-0.3, -0.25) is 0 Å². The van der Waals surface area contributed by atoms with Crippen molar-refractivity contribution in [3.8, 4) is 0 Å². The van der Waals surface area contributed by atoms with E-state index in [1.807, 2.05) is 0 Å². The van der Waals surface area contributed by atoms with Crippen molar-refractivity contribution in [2.24, 2.45) is 0 Å². The molecule has 1 unspecified atom stereocenters. The Morgan fingerprint density at radius 1 is 0.846 bits per heavy atom. The molecule has 0 fully saturated rings. The summed E-state index contributed by atoms with van der Waals surface area (Å²) in [7, 11) is 9.78. The van der Waals surface area contributed by atoms with Gasteiger partial charge in [-0.15, -0.1) is 11.1 Å². The van der Waals surface area contributed by atoms with Gasteiger partial charge < -0.3 is 5.32 Å². The Kier molecular flexibility index (Phi) is 7.59. The van der Waals surface area contributed by atoms with Crippen LogP contribution >= 0.6 is 18.6 Å². The van der Waals surface area contributed by atoms with E-state index in [4.69, 9.17) is 23.9 Å². The van der Waals surface area contributed by atoms with E-state index in [0.29, 0.717) is 5.92 Å². The molecular formula is C22H26Cl2NTi-. The van der Waals surface area contributed by atoms with E-state index in [1.165, 1.54) is 22.3 Å². The van der Waals surface area contributed by atoms with Gasteiger partial charge >= 0.3 is 35.6 Å². The van der Waals surface area contributed by atoms with Gasteiger partial charge in [-0.2, -0.15) is 0 Å². The van der Waals surface area contributed by atoms with E-state index in [1.54, 1.807) is 0 Å². The average Bonchev–Trinajstić information content (AvgIpc) is 2.97. The third-order valence-electron chi connectivity index (χ3n) is 4.37. The van der Waals surface area contributed by atoms with Crippen LogP contribution in [-0.4, -0.2) is 5.54 Å². The van der Waals surface area contributed by atoms with Crippen molar-refractivity contribution >= 4 is 24.7 Å². The van der Waals surface area contributed by atoms with Crippen LogP contribution in [0.1, 0.15) is 62.8 Å². The fourth-order valence-electron chi connectivity index (χ4n) is 3.74. The van der Waals surface area contributed by atoms with E-state index in [9.17, 15) is 0 Å². The van der Waals surface area contributed by atoms with Crippen LogP contribution in [0, 0.1) is 0 Å².